The predicted molar refractivity (Wildman–Crippen MR) is 112 cm³/mol. The molecule has 0 radical (unpaired) electrons. The van der Waals surface area contributed by atoms with Gasteiger partial charge in [0.25, 0.3) is 11.5 Å². The van der Waals surface area contributed by atoms with Crippen LogP contribution in [0.15, 0.2) is 76.4 Å². The quantitative estimate of drug-likeness (QED) is 0.627. The zero-order valence-corrected chi connectivity index (χ0v) is 17.0. The van der Waals surface area contributed by atoms with Crippen LogP contribution in [0.2, 0.25) is 0 Å². The number of hydrogen-bond acceptors (Lipinski definition) is 6. The van der Waals surface area contributed by atoms with E-state index in [1.807, 2.05) is 30.3 Å². The zero-order chi connectivity index (χ0) is 22.7. The van der Waals surface area contributed by atoms with Crippen molar-refractivity contribution in [3.63, 3.8) is 0 Å². The van der Waals surface area contributed by atoms with Crippen LogP contribution >= 0.6 is 0 Å². The highest BCUT2D eigenvalue weighted by Crippen LogP contribution is 2.30. The van der Waals surface area contributed by atoms with E-state index in [1.165, 1.54) is 12.1 Å². The predicted octanol–water partition coefficient (Wildman–Crippen LogP) is 1.70. The van der Waals surface area contributed by atoms with Gasteiger partial charge in [0.15, 0.2) is 0 Å². The number of nitrogens with zero attached hydrogens (tertiary/aromatic N) is 2. The second-order valence-corrected chi connectivity index (χ2v) is 7.36. The van der Waals surface area contributed by atoms with Gasteiger partial charge in [-0.3, -0.25) is 14.2 Å². The fourth-order valence-electron chi connectivity index (χ4n) is 3.62. The third-order valence-corrected chi connectivity index (χ3v) is 5.27. The van der Waals surface area contributed by atoms with E-state index in [1.54, 1.807) is 18.2 Å². The molecule has 1 aromatic heterocycles. The van der Waals surface area contributed by atoms with Gasteiger partial charge in [-0.1, -0.05) is 48.5 Å². The van der Waals surface area contributed by atoms with Crippen molar-refractivity contribution in [2.24, 2.45) is 0 Å². The first kappa shape index (κ1) is 21.8. The number of hydrogen-bond donors (Lipinski definition) is 1. The van der Waals surface area contributed by atoms with Crippen LogP contribution in [0.4, 0.5) is 4.39 Å². The average Bonchev–Trinajstić information content (AvgIpc) is 3.24. The summed E-state index contributed by atoms with van der Waals surface area (Å²) >= 11 is 0. The molecule has 0 bridgehead atoms. The number of aromatic nitrogens is 2. The smallest absolute Gasteiger partial charge is 0.340 e. The summed E-state index contributed by atoms with van der Waals surface area (Å²) < 4.78 is 27.1. The molecule has 2 aromatic carbocycles. The van der Waals surface area contributed by atoms with Crippen molar-refractivity contribution >= 4 is 5.91 Å². The van der Waals surface area contributed by atoms with E-state index < -0.39 is 41.4 Å². The van der Waals surface area contributed by atoms with Crippen molar-refractivity contribution in [3.05, 3.63) is 105 Å². The molecule has 0 saturated carbocycles. The Labute approximate surface area is 182 Å². The van der Waals surface area contributed by atoms with E-state index >= 15 is 0 Å². The number of carbonyl (C=O) groups is 1. The molecule has 166 valence electrons. The summed E-state index contributed by atoms with van der Waals surface area (Å²) in [6.45, 7) is -0.122. The van der Waals surface area contributed by atoms with Crippen LogP contribution in [-0.2, 0) is 16.1 Å². The van der Waals surface area contributed by atoms with E-state index in [-0.39, 0.29) is 29.8 Å². The molecule has 3 atom stereocenters. The van der Waals surface area contributed by atoms with Gasteiger partial charge in [-0.15, -0.1) is 0 Å². The maximum atomic E-state index is 14.4. The SMILES string of the molecule is O=C(c1ccccc1)n1c(=O)c(F)cn([C@H]2C[C@H](OCc3ccccc3)[C@@H](CO)O2)c1=O. The minimum absolute atomic E-state index is 0.0634. The highest BCUT2D eigenvalue weighted by Gasteiger charge is 2.38. The van der Waals surface area contributed by atoms with Gasteiger partial charge in [-0.2, -0.15) is 8.96 Å². The first-order valence-corrected chi connectivity index (χ1v) is 10.0. The molecule has 0 spiro atoms. The Balaban J connectivity index is 1.62. The molecule has 1 fully saturated rings. The van der Waals surface area contributed by atoms with Crippen molar-refractivity contribution in [3.8, 4) is 0 Å². The summed E-state index contributed by atoms with van der Waals surface area (Å²) in [6.07, 6.45) is -1.52. The highest BCUT2D eigenvalue weighted by atomic mass is 19.1. The van der Waals surface area contributed by atoms with Crippen LogP contribution in [0.3, 0.4) is 0 Å². The molecule has 32 heavy (non-hydrogen) atoms. The molecule has 4 rings (SSSR count). The Hall–Kier alpha value is -3.40. The molecule has 2 heterocycles. The topological polar surface area (TPSA) is 99.8 Å². The summed E-state index contributed by atoms with van der Waals surface area (Å²) in [5.41, 5.74) is -1.39. The lowest BCUT2D eigenvalue weighted by Gasteiger charge is -2.17. The van der Waals surface area contributed by atoms with Gasteiger partial charge in [-0.05, 0) is 17.7 Å². The Morgan fingerprint density at radius 2 is 1.75 bits per heavy atom. The lowest BCUT2D eigenvalue weighted by Crippen LogP contribution is -2.46. The zero-order valence-electron chi connectivity index (χ0n) is 17.0. The Morgan fingerprint density at radius 3 is 2.41 bits per heavy atom. The number of aliphatic hydroxyl groups excluding tert-OH is 1. The first-order chi connectivity index (χ1) is 15.5. The van der Waals surface area contributed by atoms with Gasteiger partial charge in [0.2, 0.25) is 5.82 Å². The molecule has 1 aliphatic rings. The molecular weight excluding hydrogens is 419 g/mol. The molecular formula is C23H21FN2O6. The van der Waals surface area contributed by atoms with Crippen LogP contribution in [0.1, 0.15) is 28.6 Å². The van der Waals surface area contributed by atoms with Crippen molar-refractivity contribution < 1.29 is 23.8 Å². The second kappa shape index (κ2) is 9.39. The third kappa shape index (κ3) is 4.31. The Bertz CT molecular complexity index is 1210. The van der Waals surface area contributed by atoms with Crippen molar-refractivity contribution in [2.45, 2.75) is 31.5 Å². The normalized spacial score (nSPS) is 20.4. The van der Waals surface area contributed by atoms with E-state index in [0.717, 1.165) is 16.3 Å². The molecule has 1 aliphatic heterocycles. The van der Waals surface area contributed by atoms with Gasteiger partial charge in [0.1, 0.15) is 12.3 Å². The molecule has 1 N–H and O–H groups in total. The molecule has 8 nitrogen and oxygen atoms in total. The number of benzene rings is 2. The largest absolute Gasteiger partial charge is 0.394 e. The molecule has 9 heteroatoms. The maximum Gasteiger partial charge on any atom is 0.340 e. The minimum Gasteiger partial charge on any atom is -0.394 e. The number of halogens is 1. The number of rotatable bonds is 6. The summed E-state index contributed by atoms with van der Waals surface area (Å²) in [6, 6.07) is 17.0. The minimum atomic E-state index is -1.34. The van der Waals surface area contributed by atoms with Gasteiger partial charge < -0.3 is 14.6 Å². The van der Waals surface area contributed by atoms with Crippen LogP contribution in [0, 0.1) is 5.82 Å². The Morgan fingerprint density at radius 1 is 1.09 bits per heavy atom. The summed E-state index contributed by atoms with van der Waals surface area (Å²) in [5, 5.41) is 9.68. The monoisotopic (exact) mass is 440 g/mol. The lowest BCUT2D eigenvalue weighted by atomic mass is 10.1. The van der Waals surface area contributed by atoms with Crippen molar-refractivity contribution in [1.29, 1.82) is 0 Å². The number of carbonyl (C=O) groups excluding carboxylic acids is 1. The maximum absolute atomic E-state index is 14.4. The van der Waals surface area contributed by atoms with E-state index in [9.17, 15) is 23.9 Å². The molecule has 1 saturated heterocycles. The molecule has 0 amide bonds. The van der Waals surface area contributed by atoms with Gasteiger partial charge in [0.05, 0.1) is 25.5 Å². The summed E-state index contributed by atoms with van der Waals surface area (Å²) in [4.78, 5) is 38.0. The molecule has 0 unspecified atom stereocenters. The third-order valence-electron chi connectivity index (χ3n) is 5.27. The molecule has 0 aliphatic carbocycles. The van der Waals surface area contributed by atoms with E-state index in [4.69, 9.17) is 9.47 Å². The van der Waals surface area contributed by atoms with Gasteiger partial charge >= 0.3 is 5.69 Å². The van der Waals surface area contributed by atoms with Gasteiger partial charge in [0, 0.05) is 12.0 Å². The fraction of sp³-hybridized carbons (Fsp3) is 0.261. The average molecular weight is 440 g/mol. The number of ether oxygens (including phenoxy) is 2. The van der Waals surface area contributed by atoms with Crippen LogP contribution in [-0.4, -0.2) is 39.0 Å². The lowest BCUT2D eigenvalue weighted by molar-refractivity contribution is -0.0661. The van der Waals surface area contributed by atoms with E-state index in [2.05, 4.69) is 0 Å². The van der Waals surface area contributed by atoms with Crippen LogP contribution in [0.5, 0.6) is 0 Å². The summed E-state index contributed by atoms with van der Waals surface area (Å²) in [7, 11) is 0. The highest BCUT2D eigenvalue weighted by molar-refractivity contribution is 5.95. The van der Waals surface area contributed by atoms with Crippen molar-refractivity contribution in [1.82, 2.24) is 9.13 Å². The number of aliphatic hydroxyl groups is 1. The van der Waals surface area contributed by atoms with Crippen LogP contribution in [0.25, 0.3) is 0 Å². The fourth-order valence-corrected chi connectivity index (χ4v) is 3.62. The second-order valence-electron chi connectivity index (χ2n) is 7.36. The summed E-state index contributed by atoms with van der Waals surface area (Å²) in [5.74, 6) is -2.21. The van der Waals surface area contributed by atoms with Crippen LogP contribution < -0.4 is 11.2 Å². The van der Waals surface area contributed by atoms with Crippen molar-refractivity contribution in [2.75, 3.05) is 6.61 Å². The van der Waals surface area contributed by atoms with Gasteiger partial charge in [-0.25, -0.2) is 4.79 Å². The molecule has 3 aromatic rings. The first-order valence-electron chi connectivity index (χ1n) is 10.0. The van der Waals surface area contributed by atoms with E-state index in [0.29, 0.717) is 0 Å². The Kier molecular flexibility index (Phi) is 6.40. The standard InChI is InChI=1S/C23H21FN2O6/c24-17-12-25(23(30)26(22(17)29)21(28)16-9-5-2-6-10-16)20-11-18(19(13-27)32-20)31-14-15-7-3-1-4-8-15/h1-10,12,18-20,27H,11,13-14H2/t18-,19+,20+/m0/s1.